The number of hydrogen-bond donors (Lipinski definition) is 0. The van der Waals surface area contributed by atoms with E-state index in [1.54, 1.807) is 16.3 Å². The van der Waals surface area contributed by atoms with E-state index in [1.807, 2.05) is 6.08 Å². The fraction of sp³-hybridized carbons (Fsp3) is 0.333. The van der Waals surface area contributed by atoms with E-state index in [9.17, 15) is 0 Å². The third-order valence-electron chi connectivity index (χ3n) is 0.990. The van der Waals surface area contributed by atoms with Crippen LogP contribution in [-0.2, 0) is 6.42 Å². The molecule has 1 aromatic rings. The number of rotatable bonds is 2. The Balaban J connectivity index is 2.78. The van der Waals surface area contributed by atoms with E-state index in [2.05, 4.69) is 33.1 Å². The van der Waals surface area contributed by atoms with Gasteiger partial charge in [0.15, 0.2) is 0 Å². The lowest BCUT2D eigenvalue weighted by Crippen LogP contribution is -1.75. The van der Waals surface area contributed by atoms with Crippen LogP contribution in [0, 0.1) is 0 Å². The van der Waals surface area contributed by atoms with E-state index in [0.29, 0.717) is 0 Å². The van der Waals surface area contributed by atoms with Gasteiger partial charge in [0.05, 0.1) is 0 Å². The Bertz CT molecular complexity index is 231. The molecule has 0 aliphatic rings. The zero-order valence-electron chi connectivity index (χ0n) is 5.54. The summed E-state index contributed by atoms with van der Waals surface area (Å²) in [6, 6.07) is 0. The summed E-state index contributed by atoms with van der Waals surface area (Å²) in [5.41, 5.74) is 0. The maximum atomic E-state index is 3.95. The highest BCUT2D eigenvalue weighted by Crippen LogP contribution is 2.11. The first kappa shape index (κ1) is 7.88. The average molecular weight is 219 g/mol. The second-order valence-corrected chi connectivity index (χ2v) is 3.30. The molecule has 0 aliphatic carbocycles. The molecule has 1 aromatic heterocycles. The summed E-state index contributed by atoms with van der Waals surface area (Å²) in [7, 11) is 0. The minimum absolute atomic E-state index is 0.953. The molecule has 1 heterocycles. The zero-order chi connectivity index (χ0) is 7.40. The van der Waals surface area contributed by atoms with Crippen LogP contribution in [0.3, 0.4) is 0 Å². The van der Waals surface area contributed by atoms with E-state index in [4.69, 9.17) is 0 Å². The Labute approximate surface area is 72.1 Å². The molecule has 0 unspecified atom stereocenters. The fourth-order valence-corrected chi connectivity index (χ4v) is 1.64. The van der Waals surface area contributed by atoms with Crippen LogP contribution in [0.4, 0.5) is 0 Å². The fourth-order valence-electron chi connectivity index (χ4n) is 0.531. The maximum Gasteiger partial charge on any atom is 0.141 e. The lowest BCUT2D eigenvalue weighted by atomic mass is 10.5. The SMILES string of the molecule is CCc1nnc(/C=C/Br)s1. The van der Waals surface area contributed by atoms with Crippen molar-refractivity contribution < 1.29 is 0 Å². The third-order valence-corrected chi connectivity index (χ3v) is 2.29. The number of aryl methyl sites for hydroxylation is 1. The van der Waals surface area contributed by atoms with Crippen molar-refractivity contribution in [3.05, 3.63) is 15.0 Å². The molecule has 0 atom stereocenters. The zero-order valence-corrected chi connectivity index (χ0v) is 7.94. The molecule has 0 aliphatic heterocycles. The molecule has 0 fully saturated rings. The molecular formula is C6H7BrN2S. The summed E-state index contributed by atoms with van der Waals surface area (Å²) < 4.78 is 0. The van der Waals surface area contributed by atoms with Gasteiger partial charge in [-0.2, -0.15) is 0 Å². The molecule has 4 heteroatoms. The third kappa shape index (κ3) is 1.88. The summed E-state index contributed by atoms with van der Waals surface area (Å²) in [6.07, 6.45) is 2.85. The second-order valence-electron chi connectivity index (χ2n) is 1.68. The summed E-state index contributed by atoms with van der Waals surface area (Å²) in [5, 5.41) is 9.91. The van der Waals surface area contributed by atoms with E-state index in [-0.39, 0.29) is 0 Å². The van der Waals surface area contributed by atoms with Crippen molar-refractivity contribution in [3.8, 4) is 0 Å². The number of halogens is 1. The van der Waals surface area contributed by atoms with Crippen LogP contribution in [-0.4, -0.2) is 10.2 Å². The predicted octanol–water partition coefficient (Wildman–Crippen LogP) is 2.47. The second kappa shape index (κ2) is 3.83. The van der Waals surface area contributed by atoms with Gasteiger partial charge < -0.3 is 0 Å². The van der Waals surface area contributed by atoms with Gasteiger partial charge in [-0.1, -0.05) is 34.2 Å². The number of aromatic nitrogens is 2. The van der Waals surface area contributed by atoms with Gasteiger partial charge in [0.1, 0.15) is 10.0 Å². The van der Waals surface area contributed by atoms with Crippen LogP contribution >= 0.6 is 27.3 Å². The van der Waals surface area contributed by atoms with Gasteiger partial charge in [0.2, 0.25) is 0 Å². The van der Waals surface area contributed by atoms with Crippen LogP contribution in [0.1, 0.15) is 16.9 Å². The minimum Gasteiger partial charge on any atom is -0.143 e. The summed E-state index contributed by atoms with van der Waals surface area (Å²) in [5.74, 6) is 0. The highest BCUT2D eigenvalue weighted by Gasteiger charge is 1.96. The molecule has 1 rings (SSSR count). The minimum atomic E-state index is 0.953. The molecule has 0 saturated carbocycles. The van der Waals surface area contributed by atoms with Crippen molar-refractivity contribution in [2.75, 3.05) is 0 Å². The first-order chi connectivity index (χ1) is 4.86. The maximum absolute atomic E-state index is 3.95. The monoisotopic (exact) mass is 218 g/mol. The first-order valence-corrected chi connectivity index (χ1v) is 4.69. The van der Waals surface area contributed by atoms with Gasteiger partial charge in [-0.15, -0.1) is 10.2 Å². The molecule has 0 amide bonds. The summed E-state index contributed by atoms with van der Waals surface area (Å²) >= 11 is 4.79. The molecular weight excluding hydrogens is 212 g/mol. The van der Waals surface area contributed by atoms with E-state index in [0.717, 1.165) is 16.4 Å². The normalized spacial score (nSPS) is 11.0. The Morgan fingerprint density at radius 2 is 2.40 bits per heavy atom. The van der Waals surface area contributed by atoms with Gasteiger partial charge in [-0.05, 0) is 17.5 Å². The molecule has 0 aromatic carbocycles. The van der Waals surface area contributed by atoms with Crippen molar-refractivity contribution in [2.45, 2.75) is 13.3 Å². The molecule has 0 spiro atoms. The number of nitrogens with zero attached hydrogens (tertiary/aromatic N) is 2. The van der Waals surface area contributed by atoms with Crippen LogP contribution in [0.5, 0.6) is 0 Å². The molecule has 0 N–H and O–H groups in total. The Kier molecular flexibility index (Phi) is 3.02. The van der Waals surface area contributed by atoms with E-state index in [1.165, 1.54) is 0 Å². The molecule has 10 heavy (non-hydrogen) atoms. The quantitative estimate of drug-likeness (QED) is 0.763. The largest absolute Gasteiger partial charge is 0.143 e. The lowest BCUT2D eigenvalue weighted by Gasteiger charge is -1.76. The van der Waals surface area contributed by atoms with Gasteiger partial charge in [-0.25, -0.2) is 0 Å². The van der Waals surface area contributed by atoms with Crippen LogP contribution in [0.2, 0.25) is 0 Å². The number of hydrogen-bond acceptors (Lipinski definition) is 3. The van der Waals surface area contributed by atoms with E-state index < -0.39 is 0 Å². The van der Waals surface area contributed by atoms with Gasteiger partial charge in [-0.3, -0.25) is 0 Å². The standard InChI is InChI=1S/C6H7BrN2S/c1-2-5-8-9-6(10-5)3-4-7/h3-4H,2H2,1H3/b4-3+. The Morgan fingerprint density at radius 1 is 1.60 bits per heavy atom. The predicted molar refractivity (Wildman–Crippen MR) is 47.2 cm³/mol. The van der Waals surface area contributed by atoms with Gasteiger partial charge >= 0.3 is 0 Å². The molecule has 2 nitrogen and oxygen atoms in total. The van der Waals surface area contributed by atoms with Crippen molar-refractivity contribution >= 4 is 33.3 Å². The van der Waals surface area contributed by atoms with Crippen molar-refractivity contribution in [1.82, 2.24) is 10.2 Å². The van der Waals surface area contributed by atoms with Crippen molar-refractivity contribution in [2.24, 2.45) is 0 Å². The van der Waals surface area contributed by atoms with Crippen LogP contribution in [0.25, 0.3) is 6.08 Å². The Hall–Kier alpha value is -0.220. The molecule has 0 radical (unpaired) electrons. The smallest absolute Gasteiger partial charge is 0.141 e. The average Bonchev–Trinajstić information content (AvgIpc) is 2.37. The van der Waals surface area contributed by atoms with Crippen molar-refractivity contribution in [3.63, 3.8) is 0 Å². The first-order valence-electron chi connectivity index (χ1n) is 2.96. The topological polar surface area (TPSA) is 25.8 Å². The van der Waals surface area contributed by atoms with Crippen LogP contribution < -0.4 is 0 Å². The highest BCUT2D eigenvalue weighted by molar-refractivity contribution is 9.11. The molecule has 0 saturated heterocycles. The van der Waals surface area contributed by atoms with Crippen LogP contribution in [0.15, 0.2) is 4.99 Å². The summed E-state index contributed by atoms with van der Waals surface area (Å²) in [4.78, 5) is 1.78. The van der Waals surface area contributed by atoms with Crippen molar-refractivity contribution in [1.29, 1.82) is 0 Å². The molecule has 54 valence electrons. The van der Waals surface area contributed by atoms with Gasteiger partial charge in [0.25, 0.3) is 0 Å². The molecule has 0 bridgehead atoms. The lowest BCUT2D eigenvalue weighted by molar-refractivity contribution is 0.979. The Morgan fingerprint density at radius 3 is 2.90 bits per heavy atom. The van der Waals surface area contributed by atoms with E-state index >= 15 is 0 Å². The van der Waals surface area contributed by atoms with Gasteiger partial charge in [0, 0.05) is 0 Å². The summed E-state index contributed by atoms with van der Waals surface area (Å²) in [6.45, 7) is 2.07. The highest BCUT2D eigenvalue weighted by atomic mass is 79.9.